The smallest absolute Gasteiger partial charge is 0.308 e. The number of carbonyl (C=O) groups is 2. The van der Waals surface area contributed by atoms with Crippen molar-refractivity contribution >= 4 is 11.9 Å². The lowest BCUT2D eigenvalue weighted by atomic mass is 9.94. The molecule has 57 heavy (non-hydrogen) atoms. The molecule has 2 unspecified atom stereocenters. The molecule has 0 aliphatic rings. The minimum Gasteiger partial charge on any atom is -0.465 e. The third-order valence-electron chi connectivity index (χ3n) is 11.6. The van der Waals surface area contributed by atoms with Gasteiger partial charge in [-0.25, -0.2) is 0 Å². The van der Waals surface area contributed by atoms with Crippen LogP contribution < -0.4 is 0 Å². The highest BCUT2D eigenvalue weighted by molar-refractivity contribution is 5.72. The Kier molecular flexibility index (Phi) is 47.6. The molecule has 2 atom stereocenters. The van der Waals surface area contributed by atoms with E-state index in [1.54, 1.807) is 0 Å². The summed E-state index contributed by atoms with van der Waals surface area (Å²) in [6.45, 7) is 15.7. The predicted molar refractivity (Wildman–Crippen MR) is 250 cm³/mol. The second-order valence-corrected chi connectivity index (χ2v) is 17.0. The summed E-state index contributed by atoms with van der Waals surface area (Å²) in [6, 6.07) is 0. The van der Waals surface area contributed by atoms with E-state index < -0.39 is 0 Å². The van der Waals surface area contributed by atoms with Crippen LogP contribution in [0.15, 0.2) is 0 Å². The number of carbonyl (C=O) groups excluding carboxylic acids is 2. The Morgan fingerprint density at radius 3 is 1.11 bits per heavy atom. The lowest BCUT2D eigenvalue weighted by Gasteiger charge is -2.22. The first-order valence-electron chi connectivity index (χ1n) is 25.0. The van der Waals surface area contributed by atoms with Crippen LogP contribution in [0, 0.1) is 23.7 Å². The fourth-order valence-electron chi connectivity index (χ4n) is 7.84. The zero-order chi connectivity index (χ0) is 41.0. The first-order valence-corrected chi connectivity index (χ1v) is 25.0. The first-order chi connectivity index (χ1) is 27.5. The van der Waals surface area contributed by atoms with Gasteiger partial charge in [-0.2, -0.15) is 0 Å². The van der Waals surface area contributed by atoms with Crippen LogP contribution in [0.2, 0.25) is 0 Å². The number of hydrogen-bond donors (Lipinski definition) is 0. The Morgan fingerprint density at radius 2 is 0.719 bits per heavy atom. The van der Waals surface area contributed by atoms with Crippen molar-refractivity contribution in [1.82, 2.24) is 4.90 Å². The molecule has 0 saturated carbocycles. The molecule has 0 saturated heterocycles. The van der Waals surface area contributed by atoms with Gasteiger partial charge in [0, 0.05) is 12.8 Å². The van der Waals surface area contributed by atoms with Crippen LogP contribution in [0.25, 0.3) is 0 Å². The fourth-order valence-corrected chi connectivity index (χ4v) is 7.84. The molecule has 5 heteroatoms. The Bertz CT molecular complexity index is 836. The van der Waals surface area contributed by atoms with E-state index in [9.17, 15) is 9.59 Å². The number of unbranched alkanes of at least 4 members (excludes halogenated alkanes) is 23. The van der Waals surface area contributed by atoms with Crippen molar-refractivity contribution in [2.24, 2.45) is 11.8 Å². The van der Waals surface area contributed by atoms with E-state index in [0.29, 0.717) is 13.2 Å². The predicted octanol–water partition coefficient (Wildman–Crippen LogP) is 16.0. The average molecular weight is 804 g/mol. The van der Waals surface area contributed by atoms with Gasteiger partial charge in [0.15, 0.2) is 0 Å². The van der Waals surface area contributed by atoms with Crippen molar-refractivity contribution in [3.8, 4) is 11.8 Å². The van der Waals surface area contributed by atoms with Gasteiger partial charge in [0.25, 0.3) is 0 Å². The van der Waals surface area contributed by atoms with Gasteiger partial charge in [0.2, 0.25) is 0 Å². The summed E-state index contributed by atoms with van der Waals surface area (Å²) in [6.07, 6.45) is 41.1. The summed E-state index contributed by atoms with van der Waals surface area (Å²) in [5.41, 5.74) is 0. The zero-order valence-electron chi connectivity index (χ0n) is 38.5. The van der Waals surface area contributed by atoms with Crippen molar-refractivity contribution in [2.45, 2.75) is 267 Å². The van der Waals surface area contributed by atoms with Crippen molar-refractivity contribution in [2.75, 3.05) is 32.8 Å². The number of nitrogens with zero attached hydrogens (tertiary/aromatic N) is 1. The van der Waals surface area contributed by atoms with Gasteiger partial charge in [-0.1, -0.05) is 196 Å². The minimum atomic E-state index is 0. The van der Waals surface area contributed by atoms with Crippen molar-refractivity contribution < 1.29 is 19.1 Å². The molecular formula is C52H101NO4. The summed E-state index contributed by atoms with van der Waals surface area (Å²) in [7, 11) is 0. The molecule has 0 bridgehead atoms. The number of rotatable bonds is 43. The Hall–Kier alpha value is -1.54. The number of ether oxygens (including phenoxy) is 2. The third-order valence-corrected chi connectivity index (χ3v) is 11.6. The normalized spacial score (nSPS) is 12.2. The van der Waals surface area contributed by atoms with E-state index in [2.05, 4.69) is 51.4 Å². The molecule has 338 valence electrons. The highest BCUT2D eigenvalue weighted by Crippen LogP contribution is 2.22. The third kappa shape index (κ3) is 39.7. The quantitative estimate of drug-likeness (QED) is 0.0349. The SMILES string of the molecule is C.CCC#CCCCN(CCCCCCOC(=O)C(CCCCCC)CCCCCCCC)CCCCCCOC(=O)C(CCCCCC)CCCCCCCC. The van der Waals surface area contributed by atoms with E-state index >= 15 is 0 Å². The monoisotopic (exact) mass is 804 g/mol. The largest absolute Gasteiger partial charge is 0.465 e. The van der Waals surface area contributed by atoms with Crippen LogP contribution in [-0.2, 0) is 19.1 Å². The first kappa shape index (κ1) is 57.6. The molecule has 0 rings (SSSR count). The van der Waals surface area contributed by atoms with Crippen LogP contribution in [-0.4, -0.2) is 49.7 Å². The topological polar surface area (TPSA) is 55.8 Å². The molecule has 0 heterocycles. The second-order valence-electron chi connectivity index (χ2n) is 17.0. The van der Waals surface area contributed by atoms with Crippen LogP contribution in [0.1, 0.15) is 267 Å². The van der Waals surface area contributed by atoms with Gasteiger partial charge in [-0.15, -0.1) is 11.8 Å². The van der Waals surface area contributed by atoms with Crippen LogP contribution >= 0.6 is 0 Å². The molecule has 0 spiro atoms. The van der Waals surface area contributed by atoms with E-state index in [-0.39, 0.29) is 31.2 Å². The summed E-state index contributed by atoms with van der Waals surface area (Å²) < 4.78 is 11.7. The average Bonchev–Trinajstić information content (AvgIpc) is 3.20. The van der Waals surface area contributed by atoms with E-state index in [1.807, 2.05) is 0 Å². The van der Waals surface area contributed by atoms with Crippen LogP contribution in [0.3, 0.4) is 0 Å². The zero-order valence-corrected chi connectivity index (χ0v) is 38.5. The standard InChI is InChI=1S/C51H97NO4.CH4/c1-6-11-16-21-23-32-41-48(39-30-19-14-9-4)50(53)55-46-37-28-26-35-44-52(43-34-25-18-13-8-3)45-36-27-29-38-47-56-51(54)49(40-31-20-15-10-5)42-33-24-22-17-12-7-2;/h48-49H,6-12,14-17,19-47H2,1-5H3;1H4. The van der Waals surface area contributed by atoms with E-state index in [1.165, 1.54) is 128 Å². The maximum Gasteiger partial charge on any atom is 0.308 e. The Balaban J connectivity index is 0. The van der Waals surface area contributed by atoms with Gasteiger partial charge >= 0.3 is 11.9 Å². The van der Waals surface area contributed by atoms with Gasteiger partial charge in [0.1, 0.15) is 0 Å². The van der Waals surface area contributed by atoms with Crippen molar-refractivity contribution in [3.05, 3.63) is 0 Å². The summed E-state index contributed by atoms with van der Waals surface area (Å²) in [5, 5.41) is 0. The number of hydrogen-bond acceptors (Lipinski definition) is 5. The Labute approximate surface area is 358 Å². The summed E-state index contributed by atoms with van der Waals surface area (Å²) >= 11 is 0. The molecule has 0 aromatic rings. The number of esters is 2. The van der Waals surface area contributed by atoms with Crippen LogP contribution in [0.5, 0.6) is 0 Å². The molecular weight excluding hydrogens is 703 g/mol. The molecule has 0 aliphatic heterocycles. The molecule has 0 fully saturated rings. The van der Waals surface area contributed by atoms with Crippen molar-refractivity contribution in [1.29, 1.82) is 0 Å². The van der Waals surface area contributed by atoms with Gasteiger partial charge in [0.05, 0.1) is 25.0 Å². The maximum absolute atomic E-state index is 13.0. The molecule has 0 radical (unpaired) electrons. The second kappa shape index (κ2) is 47.1. The lowest BCUT2D eigenvalue weighted by Crippen LogP contribution is -2.27. The molecule has 0 aromatic carbocycles. The lowest BCUT2D eigenvalue weighted by molar-refractivity contribution is -0.150. The Morgan fingerprint density at radius 1 is 0.404 bits per heavy atom. The molecule has 0 N–H and O–H groups in total. The summed E-state index contributed by atoms with van der Waals surface area (Å²) in [5.74, 6) is 6.87. The van der Waals surface area contributed by atoms with E-state index in [0.717, 1.165) is 116 Å². The van der Waals surface area contributed by atoms with Crippen molar-refractivity contribution in [3.63, 3.8) is 0 Å². The highest BCUT2D eigenvalue weighted by Gasteiger charge is 2.20. The molecule has 0 amide bonds. The highest BCUT2D eigenvalue weighted by atomic mass is 16.5. The minimum absolute atomic E-state index is 0. The summed E-state index contributed by atoms with van der Waals surface area (Å²) in [4.78, 5) is 28.7. The maximum atomic E-state index is 13.0. The molecule has 0 aromatic heterocycles. The molecule has 5 nitrogen and oxygen atoms in total. The fraction of sp³-hybridized carbons (Fsp3) is 0.923. The van der Waals surface area contributed by atoms with Crippen LogP contribution in [0.4, 0.5) is 0 Å². The van der Waals surface area contributed by atoms with Gasteiger partial charge in [-0.05, 0) is 77.4 Å². The molecule has 0 aliphatic carbocycles. The van der Waals surface area contributed by atoms with E-state index in [4.69, 9.17) is 9.47 Å². The van der Waals surface area contributed by atoms with Gasteiger partial charge in [-0.3, -0.25) is 9.59 Å². The van der Waals surface area contributed by atoms with Gasteiger partial charge < -0.3 is 14.4 Å².